The predicted molar refractivity (Wildman–Crippen MR) is 242 cm³/mol. The first-order valence-electron chi connectivity index (χ1n) is 20.2. The van der Waals surface area contributed by atoms with Crippen LogP contribution in [0.4, 0.5) is 0 Å². The van der Waals surface area contributed by atoms with E-state index < -0.39 is 5.41 Å². The zero-order valence-electron chi connectivity index (χ0n) is 33.1. The maximum Gasteiger partial charge on any atom is 0.136 e. The van der Waals surface area contributed by atoms with Crippen molar-refractivity contribution in [1.82, 2.24) is 5.32 Å². The lowest BCUT2D eigenvalue weighted by atomic mass is 9.55. The summed E-state index contributed by atoms with van der Waals surface area (Å²) in [6.45, 7) is 6.92. The van der Waals surface area contributed by atoms with Crippen LogP contribution in [0.15, 0.2) is 185 Å². The van der Waals surface area contributed by atoms with Crippen molar-refractivity contribution in [3.8, 4) is 11.1 Å². The van der Waals surface area contributed by atoms with Gasteiger partial charge in [0.25, 0.3) is 0 Å². The fraction of sp³-hybridized carbons (Fsp3) is 0.109. The highest BCUT2D eigenvalue weighted by Gasteiger charge is 2.53. The Balaban J connectivity index is 1.14. The van der Waals surface area contributed by atoms with Gasteiger partial charge in [0.15, 0.2) is 0 Å². The molecule has 8 aromatic carbocycles. The van der Waals surface area contributed by atoms with E-state index >= 15 is 0 Å². The maximum absolute atomic E-state index is 6.37. The number of furan rings is 1. The minimum absolute atomic E-state index is 0.140. The van der Waals surface area contributed by atoms with Crippen LogP contribution in [0.25, 0.3) is 55.1 Å². The van der Waals surface area contributed by atoms with Crippen LogP contribution in [-0.4, -0.2) is 12.9 Å². The topological polar surface area (TPSA) is 37.5 Å². The molecule has 0 amide bonds. The molecule has 3 heteroatoms. The van der Waals surface area contributed by atoms with Gasteiger partial charge in [-0.25, -0.2) is 4.99 Å². The van der Waals surface area contributed by atoms with E-state index in [0.717, 1.165) is 61.1 Å². The van der Waals surface area contributed by atoms with Gasteiger partial charge in [0.05, 0.1) is 11.1 Å². The zero-order chi connectivity index (χ0) is 39.2. The van der Waals surface area contributed by atoms with Crippen LogP contribution < -0.4 is 5.32 Å². The molecule has 1 heterocycles. The summed E-state index contributed by atoms with van der Waals surface area (Å²) < 4.78 is 6.37. The van der Waals surface area contributed by atoms with Crippen LogP contribution in [0.2, 0.25) is 0 Å². The molecule has 2 aliphatic rings. The molecular formula is C55H42N2O. The first kappa shape index (κ1) is 34.3. The molecule has 0 atom stereocenters. The molecule has 0 radical (unpaired) electrons. The van der Waals surface area contributed by atoms with E-state index in [0.29, 0.717) is 0 Å². The van der Waals surface area contributed by atoms with Crippen LogP contribution in [0.1, 0.15) is 70.8 Å². The van der Waals surface area contributed by atoms with Crippen molar-refractivity contribution in [3.63, 3.8) is 0 Å². The summed E-state index contributed by atoms with van der Waals surface area (Å²) in [5, 5.41) is 8.12. The van der Waals surface area contributed by atoms with Crippen LogP contribution in [0, 0.1) is 0 Å². The van der Waals surface area contributed by atoms with Gasteiger partial charge in [0.1, 0.15) is 17.0 Å². The van der Waals surface area contributed by atoms with Crippen molar-refractivity contribution in [1.29, 1.82) is 0 Å². The number of aliphatic imine (C=N–C) groups is 1. The average molecular weight is 747 g/mol. The summed E-state index contributed by atoms with van der Waals surface area (Å²) in [5.41, 5.74) is 16.9. The Morgan fingerprint density at radius 2 is 1.09 bits per heavy atom. The second-order valence-corrected chi connectivity index (χ2v) is 16.3. The van der Waals surface area contributed by atoms with E-state index in [9.17, 15) is 0 Å². The fourth-order valence-corrected chi connectivity index (χ4v) is 10.3. The number of fused-ring (bicyclic) bond motifs is 13. The number of benzene rings is 8. The zero-order valence-corrected chi connectivity index (χ0v) is 33.1. The van der Waals surface area contributed by atoms with Crippen molar-refractivity contribution < 1.29 is 4.42 Å². The third kappa shape index (κ3) is 4.77. The predicted octanol–water partition coefficient (Wildman–Crippen LogP) is 13.3. The van der Waals surface area contributed by atoms with E-state index in [1.165, 1.54) is 49.9 Å². The molecule has 11 rings (SSSR count). The smallest absolute Gasteiger partial charge is 0.136 e. The third-order valence-electron chi connectivity index (χ3n) is 13.0. The number of nitrogens with zero attached hydrogens (tertiary/aromatic N) is 1. The number of para-hydroxylation sites is 1. The molecule has 278 valence electrons. The van der Waals surface area contributed by atoms with Crippen LogP contribution in [-0.2, 0) is 10.8 Å². The van der Waals surface area contributed by atoms with E-state index in [1.807, 2.05) is 19.2 Å². The van der Waals surface area contributed by atoms with Crippen molar-refractivity contribution in [3.05, 3.63) is 226 Å². The number of amidine groups is 1. The Bertz CT molecular complexity index is 3160. The fourth-order valence-electron chi connectivity index (χ4n) is 10.3. The minimum atomic E-state index is -0.440. The van der Waals surface area contributed by atoms with Crippen LogP contribution in [0.5, 0.6) is 0 Å². The molecule has 9 aromatic rings. The number of hydrogen-bond acceptors (Lipinski definition) is 2. The Hall–Kier alpha value is -6.97. The van der Waals surface area contributed by atoms with Crippen molar-refractivity contribution >= 4 is 49.8 Å². The average Bonchev–Trinajstić information content (AvgIpc) is 3.79. The maximum atomic E-state index is 6.37. The molecule has 1 spiro atoms. The summed E-state index contributed by atoms with van der Waals surface area (Å²) in [7, 11) is 1.98. The first-order chi connectivity index (χ1) is 28.4. The number of nitrogens with one attached hydrogen (secondary N) is 1. The van der Waals surface area contributed by atoms with Gasteiger partial charge in [0, 0.05) is 34.4 Å². The molecule has 2 aliphatic carbocycles. The van der Waals surface area contributed by atoms with Crippen molar-refractivity contribution in [2.24, 2.45) is 4.99 Å². The standard InChI is InChI=1S/C55H42N2O/c1-34(36-28-30-41-40-20-8-14-27-50(40)58-51(41)33-36)52(42-21-15-17-35-16-5-6-18-38(35)42)57-53(56-4)37-29-31-45-43(32-37)39-19-7-9-22-44(39)55(45)48-25-12-10-23-46(48)54(2,3)47-24-11-13-26-49(47)55/h5-33H,1-4H3,(H,56,57)/b52-34+. The van der Waals surface area contributed by atoms with Gasteiger partial charge in [-0.3, -0.25) is 0 Å². The quantitative estimate of drug-likeness (QED) is 0.111. The van der Waals surface area contributed by atoms with Gasteiger partial charge in [-0.05, 0) is 97.6 Å². The number of rotatable bonds is 4. The lowest BCUT2D eigenvalue weighted by Crippen LogP contribution is -2.40. The van der Waals surface area contributed by atoms with Gasteiger partial charge in [-0.1, -0.05) is 166 Å². The first-order valence-corrected chi connectivity index (χ1v) is 20.2. The second kappa shape index (κ2) is 12.8. The highest BCUT2D eigenvalue weighted by atomic mass is 16.3. The monoisotopic (exact) mass is 746 g/mol. The van der Waals surface area contributed by atoms with Crippen LogP contribution in [0.3, 0.4) is 0 Å². The summed E-state index contributed by atoms with van der Waals surface area (Å²) in [6, 6.07) is 64.1. The largest absolute Gasteiger partial charge is 0.456 e. The second-order valence-electron chi connectivity index (χ2n) is 16.3. The number of allylic oxidation sites excluding steroid dienone is 1. The highest BCUT2D eigenvalue weighted by Crippen LogP contribution is 2.62. The SMILES string of the molecule is CN/C(=N\C(=C(/C)c1ccc2c(c1)oc1ccccc12)c1cccc2ccccc12)c1ccc2c(c1)-c1ccccc1C21c2ccccc2C(C)(C)c2ccccc21. The summed E-state index contributed by atoms with van der Waals surface area (Å²) in [4.78, 5) is 5.62. The molecule has 1 N–H and O–H groups in total. The summed E-state index contributed by atoms with van der Waals surface area (Å²) in [6.07, 6.45) is 0. The van der Waals surface area contributed by atoms with Gasteiger partial charge < -0.3 is 9.73 Å². The lowest BCUT2D eigenvalue weighted by molar-refractivity contribution is 0.563. The molecule has 0 saturated carbocycles. The van der Waals surface area contributed by atoms with Gasteiger partial charge in [-0.2, -0.15) is 0 Å². The van der Waals surface area contributed by atoms with E-state index in [4.69, 9.17) is 9.41 Å². The molecule has 0 fully saturated rings. The Morgan fingerprint density at radius 1 is 0.500 bits per heavy atom. The van der Waals surface area contributed by atoms with Crippen molar-refractivity contribution in [2.75, 3.05) is 7.05 Å². The van der Waals surface area contributed by atoms with Crippen LogP contribution >= 0.6 is 0 Å². The molecule has 0 aliphatic heterocycles. The lowest BCUT2D eigenvalue weighted by Gasteiger charge is -2.46. The molecule has 0 saturated heterocycles. The Morgan fingerprint density at radius 3 is 1.84 bits per heavy atom. The molecule has 0 bridgehead atoms. The highest BCUT2D eigenvalue weighted by molar-refractivity contribution is 6.10. The third-order valence-corrected chi connectivity index (χ3v) is 13.0. The normalized spacial score (nSPS) is 15.2. The molecule has 58 heavy (non-hydrogen) atoms. The number of hydrogen-bond donors (Lipinski definition) is 1. The Kier molecular flexibility index (Phi) is 7.55. The van der Waals surface area contributed by atoms with Gasteiger partial charge in [-0.15, -0.1) is 0 Å². The van der Waals surface area contributed by atoms with Crippen molar-refractivity contribution in [2.45, 2.75) is 31.6 Å². The summed E-state index contributed by atoms with van der Waals surface area (Å²) in [5.74, 6) is 0.805. The molecule has 3 nitrogen and oxygen atoms in total. The van der Waals surface area contributed by atoms with E-state index in [-0.39, 0.29) is 5.41 Å². The van der Waals surface area contributed by atoms with Gasteiger partial charge in [0.2, 0.25) is 0 Å². The van der Waals surface area contributed by atoms with E-state index in [2.05, 4.69) is 190 Å². The van der Waals surface area contributed by atoms with Gasteiger partial charge >= 0.3 is 0 Å². The minimum Gasteiger partial charge on any atom is -0.456 e. The molecule has 1 aromatic heterocycles. The molecular weight excluding hydrogens is 705 g/mol. The van der Waals surface area contributed by atoms with E-state index in [1.54, 1.807) is 0 Å². The summed E-state index contributed by atoms with van der Waals surface area (Å²) >= 11 is 0. The molecule has 0 unspecified atom stereocenters. The Labute approximate surface area is 339 Å².